The summed E-state index contributed by atoms with van der Waals surface area (Å²) in [5.41, 5.74) is 1.50. The van der Waals surface area contributed by atoms with Crippen LogP contribution >= 0.6 is 11.6 Å². The van der Waals surface area contributed by atoms with E-state index in [1.807, 2.05) is 0 Å². The van der Waals surface area contributed by atoms with Gasteiger partial charge in [0.2, 0.25) is 5.91 Å². The molecule has 0 radical (unpaired) electrons. The van der Waals surface area contributed by atoms with Gasteiger partial charge in [0, 0.05) is 11.2 Å². The second kappa shape index (κ2) is 7.35. The minimum Gasteiger partial charge on any atom is -0.366 e. The zero-order valence-corrected chi connectivity index (χ0v) is 15.5. The maximum Gasteiger partial charge on any atom is 0.421 e. The minimum atomic E-state index is -5.02. The maximum absolute atomic E-state index is 13.1. The molecular formula is C16H14ClF3N2O4S. The second-order valence-corrected chi connectivity index (χ2v) is 8.28. The summed E-state index contributed by atoms with van der Waals surface area (Å²) in [6.45, 7) is 0.855. The summed E-state index contributed by atoms with van der Waals surface area (Å²) in [4.78, 5) is 23.4. The first-order valence-electron chi connectivity index (χ1n) is 7.49. The third kappa shape index (κ3) is 4.51. The van der Waals surface area contributed by atoms with Crippen molar-refractivity contribution in [3.63, 3.8) is 0 Å². The lowest BCUT2D eigenvalue weighted by Crippen LogP contribution is -2.31. The molecule has 2 N–H and O–H groups in total. The number of nitrogens with two attached hydrogens (primary N) is 1. The summed E-state index contributed by atoms with van der Waals surface area (Å²) in [6.07, 6.45) is -4.17. The standard InChI is InChI=1S/C16H14ClF3N2O4S/c1-2-27(25,26)13-4-3-11(17)5-9(13)7-22-8-10(14(21)23)6-12(15(22)24)16(18,19)20/h3-6,8H,2,7H2,1H3,(H2,21,23). The summed E-state index contributed by atoms with van der Waals surface area (Å²) < 4.78 is 64.4. The summed E-state index contributed by atoms with van der Waals surface area (Å²) in [6, 6.07) is 4.13. The van der Waals surface area contributed by atoms with Gasteiger partial charge in [-0.3, -0.25) is 9.59 Å². The largest absolute Gasteiger partial charge is 0.421 e. The Labute approximate surface area is 157 Å². The number of hydrogen-bond donors (Lipinski definition) is 1. The topological polar surface area (TPSA) is 99.2 Å². The van der Waals surface area contributed by atoms with Crippen molar-refractivity contribution < 1.29 is 26.4 Å². The van der Waals surface area contributed by atoms with Gasteiger partial charge in [0.05, 0.1) is 22.8 Å². The van der Waals surface area contributed by atoms with E-state index in [1.165, 1.54) is 25.1 Å². The first-order chi connectivity index (χ1) is 12.4. The van der Waals surface area contributed by atoms with Gasteiger partial charge in [-0.2, -0.15) is 13.2 Å². The highest BCUT2D eigenvalue weighted by atomic mass is 35.5. The molecule has 27 heavy (non-hydrogen) atoms. The molecule has 6 nitrogen and oxygen atoms in total. The molecule has 0 saturated carbocycles. The van der Waals surface area contributed by atoms with E-state index < -0.39 is 45.2 Å². The van der Waals surface area contributed by atoms with Crippen molar-refractivity contribution in [3.8, 4) is 0 Å². The average Bonchev–Trinajstić information content (AvgIpc) is 2.55. The quantitative estimate of drug-likeness (QED) is 0.800. The molecule has 1 heterocycles. The summed E-state index contributed by atoms with van der Waals surface area (Å²) in [5, 5.41) is 0.134. The molecule has 2 rings (SSSR count). The molecule has 0 aliphatic carbocycles. The number of rotatable bonds is 5. The van der Waals surface area contributed by atoms with Crippen LogP contribution in [0.15, 0.2) is 40.2 Å². The molecule has 1 aromatic heterocycles. The number of carbonyl (C=O) groups is 1. The number of amides is 1. The Hall–Kier alpha value is -2.33. The third-order valence-corrected chi connectivity index (χ3v) is 5.82. The molecule has 0 aliphatic rings. The van der Waals surface area contributed by atoms with Crippen molar-refractivity contribution in [1.29, 1.82) is 0 Å². The Morgan fingerprint density at radius 2 is 1.89 bits per heavy atom. The van der Waals surface area contributed by atoms with Crippen molar-refractivity contribution in [1.82, 2.24) is 4.57 Å². The average molecular weight is 423 g/mol. The van der Waals surface area contributed by atoms with E-state index in [0.717, 1.165) is 6.20 Å². The minimum absolute atomic E-state index is 0.0150. The number of alkyl halides is 3. The first kappa shape index (κ1) is 21.0. The molecular weight excluding hydrogens is 409 g/mol. The molecule has 0 saturated heterocycles. The highest BCUT2D eigenvalue weighted by Crippen LogP contribution is 2.28. The van der Waals surface area contributed by atoms with Gasteiger partial charge in [-0.1, -0.05) is 18.5 Å². The predicted octanol–water partition coefficient (Wildman–Crippen LogP) is 2.46. The number of aromatic nitrogens is 1. The lowest BCUT2D eigenvalue weighted by molar-refractivity contribution is -0.139. The molecule has 0 aliphatic heterocycles. The molecule has 11 heteroatoms. The zero-order chi connectivity index (χ0) is 20.6. The van der Waals surface area contributed by atoms with Gasteiger partial charge in [0.15, 0.2) is 9.84 Å². The van der Waals surface area contributed by atoms with Gasteiger partial charge >= 0.3 is 6.18 Å². The smallest absolute Gasteiger partial charge is 0.366 e. The number of carbonyl (C=O) groups excluding carboxylic acids is 1. The normalized spacial score (nSPS) is 12.2. The molecule has 0 atom stereocenters. The lowest BCUT2D eigenvalue weighted by atomic mass is 10.1. The van der Waals surface area contributed by atoms with Gasteiger partial charge in [-0.05, 0) is 29.8 Å². The van der Waals surface area contributed by atoms with Crippen molar-refractivity contribution in [2.75, 3.05) is 5.75 Å². The number of benzene rings is 1. The van der Waals surface area contributed by atoms with Gasteiger partial charge < -0.3 is 10.3 Å². The fourth-order valence-corrected chi connectivity index (χ4v) is 3.71. The Bertz CT molecular complexity index is 1060. The van der Waals surface area contributed by atoms with Gasteiger partial charge in [0.1, 0.15) is 5.56 Å². The molecule has 0 unspecified atom stereocenters. The summed E-state index contributed by atoms with van der Waals surface area (Å²) >= 11 is 5.87. The Morgan fingerprint density at radius 3 is 2.41 bits per heavy atom. The van der Waals surface area contributed by atoms with Crippen LogP contribution in [0, 0.1) is 0 Å². The maximum atomic E-state index is 13.1. The Kier molecular flexibility index (Phi) is 5.71. The van der Waals surface area contributed by atoms with E-state index in [0.29, 0.717) is 10.6 Å². The van der Waals surface area contributed by atoms with Crippen LogP contribution in [0.2, 0.25) is 5.02 Å². The monoisotopic (exact) mass is 422 g/mol. The highest BCUT2D eigenvalue weighted by molar-refractivity contribution is 7.91. The molecule has 146 valence electrons. The van der Waals surface area contributed by atoms with Crippen LogP contribution in [0.5, 0.6) is 0 Å². The van der Waals surface area contributed by atoms with Crippen LogP contribution in [0.3, 0.4) is 0 Å². The Balaban J connectivity index is 2.72. The third-order valence-electron chi connectivity index (χ3n) is 3.75. The van der Waals surface area contributed by atoms with Crippen LogP contribution in [0.4, 0.5) is 13.2 Å². The molecule has 1 amide bonds. The van der Waals surface area contributed by atoms with E-state index in [-0.39, 0.29) is 21.2 Å². The van der Waals surface area contributed by atoms with Crippen LogP contribution in [-0.4, -0.2) is 24.6 Å². The predicted molar refractivity (Wildman–Crippen MR) is 92.5 cm³/mol. The van der Waals surface area contributed by atoms with E-state index >= 15 is 0 Å². The van der Waals surface area contributed by atoms with Crippen LogP contribution in [-0.2, 0) is 22.6 Å². The molecule has 2 aromatic rings. The van der Waals surface area contributed by atoms with Crippen molar-refractivity contribution in [2.45, 2.75) is 24.5 Å². The van der Waals surface area contributed by atoms with E-state index in [1.54, 1.807) is 0 Å². The second-order valence-electron chi connectivity index (χ2n) is 5.59. The van der Waals surface area contributed by atoms with E-state index in [4.69, 9.17) is 17.3 Å². The molecule has 1 aromatic carbocycles. The van der Waals surface area contributed by atoms with Gasteiger partial charge in [-0.25, -0.2) is 8.42 Å². The van der Waals surface area contributed by atoms with Crippen molar-refractivity contribution >= 4 is 27.3 Å². The van der Waals surface area contributed by atoms with Crippen LogP contribution in [0.1, 0.15) is 28.4 Å². The molecule has 0 fully saturated rings. The number of sulfone groups is 1. The number of hydrogen-bond acceptors (Lipinski definition) is 4. The number of pyridine rings is 1. The lowest BCUT2D eigenvalue weighted by Gasteiger charge is -2.15. The number of nitrogens with zero attached hydrogens (tertiary/aromatic N) is 1. The summed E-state index contributed by atoms with van der Waals surface area (Å²) in [7, 11) is -3.73. The fourth-order valence-electron chi connectivity index (χ4n) is 2.41. The number of halogens is 4. The van der Waals surface area contributed by atoms with E-state index in [9.17, 15) is 31.2 Å². The highest BCUT2D eigenvalue weighted by Gasteiger charge is 2.35. The van der Waals surface area contributed by atoms with Crippen LogP contribution < -0.4 is 11.3 Å². The van der Waals surface area contributed by atoms with Crippen LogP contribution in [0.25, 0.3) is 0 Å². The fraction of sp³-hybridized carbons (Fsp3) is 0.250. The molecule has 0 bridgehead atoms. The summed E-state index contributed by atoms with van der Waals surface area (Å²) in [5.74, 6) is -1.42. The number of primary amides is 1. The zero-order valence-electron chi connectivity index (χ0n) is 13.9. The Morgan fingerprint density at radius 1 is 1.26 bits per heavy atom. The molecule has 0 spiro atoms. The van der Waals surface area contributed by atoms with Gasteiger partial charge in [-0.15, -0.1) is 0 Å². The van der Waals surface area contributed by atoms with E-state index in [2.05, 4.69) is 0 Å². The van der Waals surface area contributed by atoms with Gasteiger partial charge in [0.25, 0.3) is 5.56 Å². The van der Waals surface area contributed by atoms with Crippen molar-refractivity contribution in [3.05, 3.63) is 62.5 Å². The van der Waals surface area contributed by atoms with Crippen molar-refractivity contribution in [2.24, 2.45) is 5.73 Å². The first-order valence-corrected chi connectivity index (χ1v) is 9.52. The SMILES string of the molecule is CCS(=O)(=O)c1ccc(Cl)cc1Cn1cc(C(N)=O)cc(C(F)(F)F)c1=O.